The maximum absolute atomic E-state index is 5.71. The minimum atomic E-state index is 0.577. The van der Waals surface area contributed by atoms with Gasteiger partial charge in [-0.25, -0.2) is 0 Å². The molecule has 16 heavy (non-hydrogen) atoms. The van der Waals surface area contributed by atoms with Crippen LogP contribution in [0.15, 0.2) is 24.3 Å². The molecule has 0 fully saturated rings. The molecule has 1 aromatic carbocycles. The minimum Gasteiger partial charge on any atom is -0.382 e. The molecule has 3 nitrogen and oxygen atoms in total. The summed E-state index contributed by atoms with van der Waals surface area (Å²) >= 11 is 0. The number of aromatic amines is 1. The number of hydrogen-bond donors (Lipinski definition) is 2. The average molecular weight is 215 g/mol. The second kappa shape index (κ2) is 4.39. The fourth-order valence-corrected chi connectivity index (χ4v) is 1.82. The van der Waals surface area contributed by atoms with E-state index in [-0.39, 0.29) is 0 Å². The van der Waals surface area contributed by atoms with Crippen molar-refractivity contribution in [3.63, 3.8) is 0 Å². The molecule has 0 spiro atoms. The van der Waals surface area contributed by atoms with E-state index in [0.717, 1.165) is 23.2 Å². The van der Waals surface area contributed by atoms with Gasteiger partial charge in [0.15, 0.2) is 0 Å². The summed E-state index contributed by atoms with van der Waals surface area (Å²) in [7, 11) is 0. The molecule has 0 aliphatic heterocycles. The van der Waals surface area contributed by atoms with Gasteiger partial charge in [-0.2, -0.15) is 5.10 Å². The number of nitrogens with two attached hydrogens (primary N) is 1. The minimum absolute atomic E-state index is 0.577. The van der Waals surface area contributed by atoms with Crippen LogP contribution in [0.25, 0.3) is 11.3 Å². The van der Waals surface area contributed by atoms with E-state index in [1.807, 2.05) is 6.92 Å². The first-order valence-corrected chi connectivity index (χ1v) is 5.62. The Balaban J connectivity index is 2.31. The van der Waals surface area contributed by atoms with Crippen molar-refractivity contribution in [3.8, 4) is 11.3 Å². The van der Waals surface area contributed by atoms with E-state index in [2.05, 4.69) is 41.4 Å². The second-order valence-corrected chi connectivity index (χ2v) is 4.06. The number of benzene rings is 1. The lowest BCUT2D eigenvalue weighted by atomic mass is 10.0. The lowest BCUT2D eigenvalue weighted by Gasteiger charge is -2.02. The van der Waals surface area contributed by atoms with Crippen LogP contribution in [0.4, 0.5) is 5.82 Å². The summed E-state index contributed by atoms with van der Waals surface area (Å²) in [6.07, 6.45) is 2.31. The van der Waals surface area contributed by atoms with Crippen LogP contribution >= 0.6 is 0 Å². The molecule has 0 saturated carbocycles. The molecule has 0 aliphatic carbocycles. The van der Waals surface area contributed by atoms with Crippen LogP contribution < -0.4 is 5.73 Å². The molecular weight excluding hydrogens is 198 g/mol. The molecule has 0 radical (unpaired) electrons. The van der Waals surface area contributed by atoms with Gasteiger partial charge in [-0.1, -0.05) is 37.6 Å². The van der Waals surface area contributed by atoms with E-state index in [9.17, 15) is 0 Å². The lowest BCUT2D eigenvalue weighted by molar-refractivity contribution is 0.922. The molecule has 0 bridgehead atoms. The summed E-state index contributed by atoms with van der Waals surface area (Å²) in [4.78, 5) is 0. The molecule has 0 unspecified atom stereocenters. The lowest BCUT2D eigenvalue weighted by Crippen LogP contribution is -1.87. The fraction of sp³-hybridized carbons (Fsp3) is 0.308. The van der Waals surface area contributed by atoms with Gasteiger partial charge >= 0.3 is 0 Å². The Labute approximate surface area is 95.7 Å². The highest BCUT2D eigenvalue weighted by molar-refractivity contribution is 5.67. The van der Waals surface area contributed by atoms with Crippen molar-refractivity contribution in [2.75, 3.05) is 5.73 Å². The molecule has 0 amide bonds. The predicted molar refractivity (Wildman–Crippen MR) is 67.2 cm³/mol. The molecule has 1 heterocycles. The van der Waals surface area contributed by atoms with E-state index in [1.165, 1.54) is 12.0 Å². The predicted octanol–water partition coefficient (Wildman–Crippen LogP) is 2.92. The summed E-state index contributed by atoms with van der Waals surface area (Å²) in [6, 6.07) is 8.56. The number of aromatic nitrogens is 2. The Morgan fingerprint density at radius 3 is 2.44 bits per heavy atom. The first-order chi connectivity index (χ1) is 7.72. The van der Waals surface area contributed by atoms with Crippen LogP contribution in [0.2, 0.25) is 0 Å². The number of nitrogen functional groups attached to an aromatic ring is 1. The van der Waals surface area contributed by atoms with E-state index in [0.29, 0.717) is 5.82 Å². The fourth-order valence-electron chi connectivity index (χ4n) is 1.82. The zero-order chi connectivity index (χ0) is 11.5. The van der Waals surface area contributed by atoms with Gasteiger partial charge in [-0.3, -0.25) is 5.10 Å². The summed E-state index contributed by atoms with van der Waals surface area (Å²) in [5, 5.41) is 6.97. The molecule has 2 rings (SSSR count). The van der Waals surface area contributed by atoms with Crippen molar-refractivity contribution < 1.29 is 0 Å². The quantitative estimate of drug-likeness (QED) is 0.827. The summed E-state index contributed by atoms with van der Waals surface area (Å²) in [6.45, 7) is 4.17. The van der Waals surface area contributed by atoms with E-state index in [4.69, 9.17) is 5.73 Å². The first-order valence-electron chi connectivity index (χ1n) is 5.62. The molecule has 2 aromatic rings. The first kappa shape index (κ1) is 10.7. The molecule has 3 N–H and O–H groups in total. The van der Waals surface area contributed by atoms with Crippen LogP contribution in [-0.2, 0) is 6.42 Å². The highest BCUT2D eigenvalue weighted by Crippen LogP contribution is 2.24. The summed E-state index contributed by atoms with van der Waals surface area (Å²) in [5.74, 6) is 0.577. The zero-order valence-corrected chi connectivity index (χ0v) is 9.75. The van der Waals surface area contributed by atoms with Crippen LogP contribution in [-0.4, -0.2) is 10.2 Å². The normalized spacial score (nSPS) is 10.6. The van der Waals surface area contributed by atoms with Crippen molar-refractivity contribution in [2.45, 2.75) is 26.7 Å². The van der Waals surface area contributed by atoms with Gasteiger partial charge in [-0.05, 0) is 24.5 Å². The average Bonchev–Trinajstić information content (AvgIpc) is 2.62. The molecule has 0 atom stereocenters. The van der Waals surface area contributed by atoms with Crippen LogP contribution in [0.5, 0.6) is 0 Å². The standard InChI is InChI=1S/C13H17N3/c1-3-4-10-5-7-11(8-6-10)12-9(2)13(14)16-15-12/h5-8H,3-4H2,1-2H3,(H3,14,15,16). The van der Waals surface area contributed by atoms with Crippen molar-refractivity contribution >= 4 is 5.82 Å². The van der Waals surface area contributed by atoms with Crippen LogP contribution in [0, 0.1) is 6.92 Å². The van der Waals surface area contributed by atoms with Crippen LogP contribution in [0.3, 0.4) is 0 Å². The van der Waals surface area contributed by atoms with Crippen LogP contribution in [0.1, 0.15) is 24.5 Å². The number of nitrogens with zero attached hydrogens (tertiary/aromatic N) is 1. The molecule has 1 aromatic heterocycles. The number of anilines is 1. The number of nitrogens with one attached hydrogen (secondary N) is 1. The Hall–Kier alpha value is -1.77. The van der Waals surface area contributed by atoms with Gasteiger partial charge in [0, 0.05) is 5.56 Å². The van der Waals surface area contributed by atoms with Gasteiger partial charge in [0.1, 0.15) is 5.82 Å². The van der Waals surface area contributed by atoms with E-state index in [1.54, 1.807) is 0 Å². The Kier molecular flexibility index (Phi) is 2.95. The summed E-state index contributed by atoms with van der Waals surface area (Å²) in [5.41, 5.74) is 10.3. The highest BCUT2D eigenvalue weighted by Gasteiger charge is 2.07. The molecular formula is C13H17N3. The molecule has 0 aliphatic rings. The van der Waals surface area contributed by atoms with Gasteiger partial charge in [0.05, 0.1) is 5.69 Å². The molecule has 3 heteroatoms. The third kappa shape index (κ3) is 1.94. The van der Waals surface area contributed by atoms with Crippen molar-refractivity contribution in [2.24, 2.45) is 0 Å². The van der Waals surface area contributed by atoms with Gasteiger partial charge in [0.2, 0.25) is 0 Å². The van der Waals surface area contributed by atoms with Gasteiger partial charge < -0.3 is 5.73 Å². The van der Waals surface area contributed by atoms with Gasteiger partial charge in [-0.15, -0.1) is 0 Å². The largest absolute Gasteiger partial charge is 0.382 e. The third-order valence-corrected chi connectivity index (χ3v) is 2.83. The Bertz CT molecular complexity index is 468. The summed E-state index contributed by atoms with van der Waals surface area (Å²) < 4.78 is 0. The maximum atomic E-state index is 5.71. The highest BCUT2D eigenvalue weighted by atomic mass is 15.2. The van der Waals surface area contributed by atoms with E-state index >= 15 is 0 Å². The maximum Gasteiger partial charge on any atom is 0.148 e. The van der Waals surface area contributed by atoms with Crippen molar-refractivity contribution in [1.29, 1.82) is 0 Å². The van der Waals surface area contributed by atoms with Crippen molar-refractivity contribution in [3.05, 3.63) is 35.4 Å². The molecule has 0 saturated heterocycles. The second-order valence-electron chi connectivity index (χ2n) is 4.06. The number of H-pyrrole nitrogens is 1. The third-order valence-electron chi connectivity index (χ3n) is 2.83. The Morgan fingerprint density at radius 1 is 1.25 bits per heavy atom. The SMILES string of the molecule is CCCc1ccc(-c2[nH]nc(N)c2C)cc1. The van der Waals surface area contributed by atoms with E-state index < -0.39 is 0 Å². The topological polar surface area (TPSA) is 54.7 Å². The number of hydrogen-bond acceptors (Lipinski definition) is 2. The monoisotopic (exact) mass is 215 g/mol. The zero-order valence-electron chi connectivity index (χ0n) is 9.75. The van der Waals surface area contributed by atoms with Crippen molar-refractivity contribution in [1.82, 2.24) is 10.2 Å². The Morgan fingerprint density at radius 2 is 1.94 bits per heavy atom. The number of rotatable bonds is 3. The van der Waals surface area contributed by atoms with Gasteiger partial charge in [0.25, 0.3) is 0 Å². The number of aryl methyl sites for hydroxylation is 1. The molecule has 84 valence electrons. The smallest absolute Gasteiger partial charge is 0.148 e.